The number of aliphatic carboxylic acids is 1. The van der Waals surface area contributed by atoms with E-state index in [0.717, 1.165) is 10.4 Å². The van der Waals surface area contributed by atoms with Crippen molar-refractivity contribution in [1.29, 1.82) is 0 Å². The highest BCUT2D eigenvalue weighted by atomic mass is 32.1. The van der Waals surface area contributed by atoms with Crippen molar-refractivity contribution in [2.75, 3.05) is 19.8 Å². The Kier molecular flexibility index (Phi) is 4.21. The molecule has 5 nitrogen and oxygen atoms in total. The molecule has 1 atom stereocenters. The summed E-state index contributed by atoms with van der Waals surface area (Å²) >= 11 is 1.46. The average molecular weight is 283 g/mol. The highest BCUT2D eigenvalue weighted by molar-refractivity contribution is 7.14. The van der Waals surface area contributed by atoms with Gasteiger partial charge in [0.2, 0.25) is 0 Å². The summed E-state index contributed by atoms with van der Waals surface area (Å²) in [4.78, 5) is 26.7. The molecule has 6 heteroatoms. The fourth-order valence-electron chi connectivity index (χ4n) is 2.11. The zero-order chi connectivity index (χ0) is 14.0. The van der Waals surface area contributed by atoms with Crippen LogP contribution in [-0.4, -0.2) is 47.7 Å². The number of hydrogen-bond donors (Lipinski definition) is 1. The van der Waals surface area contributed by atoms with E-state index in [9.17, 15) is 9.59 Å². The summed E-state index contributed by atoms with van der Waals surface area (Å²) in [5, 5.41) is 8.89. The lowest BCUT2D eigenvalue weighted by Gasteiger charge is -2.34. The molecule has 1 saturated heterocycles. The second-order valence-electron chi connectivity index (χ2n) is 4.67. The Morgan fingerprint density at radius 2 is 2.26 bits per heavy atom. The number of carbonyl (C=O) groups excluding carboxylic acids is 1. The number of amides is 1. The molecule has 1 aromatic rings. The third-order valence-electron chi connectivity index (χ3n) is 3.28. The third kappa shape index (κ3) is 3.13. The molecule has 0 aliphatic carbocycles. The van der Waals surface area contributed by atoms with E-state index in [2.05, 4.69) is 0 Å². The zero-order valence-electron chi connectivity index (χ0n) is 11.0. The quantitative estimate of drug-likeness (QED) is 0.916. The Morgan fingerprint density at radius 3 is 2.84 bits per heavy atom. The molecule has 1 amide bonds. The van der Waals surface area contributed by atoms with Gasteiger partial charge < -0.3 is 14.7 Å². The summed E-state index contributed by atoms with van der Waals surface area (Å²) in [6.07, 6.45) is -0.0743. The molecule has 0 spiro atoms. The first-order valence-electron chi connectivity index (χ1n) is 6.16. The van der Waals surface area contributed by atoms with E-state index in [0.29, 0.717) is 24.6 Å². The Labute approximate surface area is 115 Å². The predicted molar refractivity (Wildman–Crippen MR) is 71.7 cm³/mol. The molecule has 0 aromatic carbocycles. The van der Waals surface area contributed by atoms with Crippen LogP contribution in [-0.2, 0) is 9.53 Å². The molecule has 1 aliphatic rings. The SMILES string of the molecule is Cc1cc(C(=O)N2CCOCC2CC(=O)O)sc1C. The van der Waals surface area contributed by atoms with E-state index < -0.39 is 5.97 Å². The minimum Gasteiger partial charge on any atom is -0.481 e. The molecule has 2 rings (SSSR count). The molecule has 0 radical (unpaired) electrons. The molecule has 1 aromatic heterocycles. The van der Waals surface area contributed by atoms with Crippen molar-refractivity contribution in [3.8, 4) is 0 Å². The first-order valence-corrected chi connectivity index (χ1v) is 6.98. The molecule has 104 valence electrons. The van der Waals surface area contributed by atoms with Crippen molar-refractivity contribution in [3.63, 3.8) is 0 Å². The topological polar surface area (TPSA) is 66.8 Å². The van der Waals surface area contributed by atoms with Crippen molar-refractivity contribution in [2.45, 2.75) is 26.3 Å². The minimum atomic E-state index is -0.910. The van der Waals surface area contributed by atoms with Gasteiger partial charge in [-0.2, -0.15) is 0 Å². The van der Waals surface area contributed by atoms with Crippen molar-refractivity contribution >= 4 is 23.2 Å². The molecule has 1 unspecified atom stereocenters. The Bertz CT molecular complexity index is 477. The highest BCUT2D eigenvalue weighted by Crippen LogP contribution is 2.24. The van der Waals surface area contributed by atoms with Crippen LogP contribution in [0.5, 0.6) is 0 Å². The Balaban J connectivity index is 2.17. The number of carboxylic acid groups (broad SMARTS) is 1. The maximum Gasteiger partial charge on any atom is 0.305 e. The van der Waals surface area contributed by atoms with Crippen LogP contribution in [0.3, 0.4) is 0 Å². The van der Waals surface area contributed by atoms with E-state index in [4.69, 9.17) is 9.84 Å². The van der Waals surface area contributed by atoms with Crippen LogP contribution in [0.2, 0.25) is 0 Å². The predicted octanol–water partition coefficient (Wildman–Crippen LogP) is 1.68. The number of nitrogens with zero attached hydrogens (tertiary/aromatic N) is 1. The second-order valence-corrected chi connectivity index (χ2v) is 5.93. The molecular formula is C13H17NO4S. The van der Waals surface area contributed by atoms with Crippen LogP contribution in [0.15, 0.2) is 6.07 Å². The van der Waals surface area contributed by atoms with Crippen molar-refractivity contribution in [1.82, 2.24) is 4.90 Å². The fraction of sp³-hybridized carbons (Fsp3) is 0.538. The second kappa shape index (κ2) is 5.71. The Morgan fingerprint density at radius 1 is 1.53 bits per heavy atom. The summed E-state index contributed by atoms with van der Waals surface area (Å²) in [5.41, 5.74) is 1.09. The van der Waals surface area contributed by atoms with Gasteiger partial charge in [-0.15, -0.1) is 11.3 Å². The van der Waals surface area contributed by atoms with Gasteiger partial charge in [-0.3, -0.25) is 9.59 Å². The molecule has 0 saturated carbocycles. The number of ether oxygens (including phenoxy) is 1. The van der Waals surface area contributed by atoms with Gasteiger partial charge in [0.25, 0.3) is 5.91 Å². The molecule has 19 heavy (non-hydrogen) atoms. The van der Waals surface area contributed by atoms with E-state index in [-0.39, 0.29) is 18.4 Å². The number of morpholine rings is 1. The number of hydrogen-bond acceptors (Lipinski definition) is 4. The van der Waals surface area contributed by atoms with E-state index in [1.807, 2.05) is 19.9 Å². The van der Waals surface area contributed by atoms with Gasteiger partial charge >= 0.3 is 5.97 Å². The van der Waals surface area contributed by atoms with Crippen LogP contribution in [0.1, 0.15) is 26.5 Å². The molecule has 1 fully saturated rings. The first-order chi connectivity index (χ1) is 8.99. The monoisotopic (exact) mass is 283 g/mol. The third-order valence-corrected chi connectivity index (χ3v) is 4.42. The molecule has 0 bridgehead atoms. The maximum absolute atomic E-state index is 12.4. The van der Waals surface area contributed by atoms with Gasteiger partial charge in [-0.1, -0.05) is 0 Å². The molecule has 2 heterocycles. The first kappa shape index (κ1) is 14.0. The molecule has 1 N–H and O–H groups in total. The maximum atomic E-state index is 12.4. The average Bonchev–Trinajstić information content (AvgIpc) is 2.69. The van der Waals surface area contributed by atoms with Crippen molar-refractivity contribution < 1.29 is 19.4 Å². The smallest absolute Gasteiger partial charge is 0.305 e. The van der Waals surface area contributed by atoms with Crippen LogP contribution in [0.25, 0.3) is 0 Å². The summed E-state index contributed by atoms with van der Waals surface area (Å²) in [7, 11) is 0. The summed E-state index contributed by atoms with van der Waals surface area (Å²) < 4.78 is 5.27. The van der Waals surface area contributed by atoms with Gasteiger partial charge in [-0.05, 0) is 25.5 Å². The number of carboxylic acids is 1. The lowest BCUT2D eigenvalue weighted by atomic mass is 10.1. The van der Waals surface area contributed by atoms with Gasteiger partial charge in [-0.25, -0.2) is 0 Å². The van der Waals surface area contributed by atoms with Gasteiger partial charge in [0.05, 0.1) is 30.6 Å². The van der Waals surface area contributed by atoms with E-state index >= 15 is 0 Å². The lowest BCUT2D eigenvalue weighted by Crippen LogP contribution is -2.49. The van der Waals surface area contributed by atoms with Gasteiger partial charge in [0, 0.05) is 11.4 Å². The Hall–Kier alpha value is -1.40. The van der Waals surface area contributed by atoms with Gasteiger partial charge in [0.1, 0.15) is 0 Å². The number of rotatable bonds is 3. The fourth-order valence-corrected chi connectivity index (χ4v) is 3.10. The van der Waals surface area contributed by atoms with Crippen molar-refractivity contribution in [2.24, 2.45) is 0 Å². The van der Waals surface area contributed by atoms with Crippen molar-refractivity contribution in [3.05, 3.63) is 21.4 Å². The number of thiophene rings is 1. The number of carbonyl (C=O) groups is 2. The largest absolute Gasteiger partial charge is 0.481 e. The van der Waals surface area contributed by atoms with E-state index in [1.54, 1.807) is 4.90 Å². The van der Waals surface area contributed by atoms with Crippen LogP contribution >= 0.6 is 11.3 Å². The summed E-state index contributed by atoms with van der Waals surface area (Å²) in [6, 6.07) is 1.50. The van der Waals surface area contributed by atoms with E-state index in [1.165, 1.54) is 11.3 Å². The normalized spacial score (nSPS) is 19.5. The molecule has 1 aliphatic heterocycles. The summed E-state index contributed by atoms with van der Waals surface area (Å²) in [5.74, 6) is -0.998. The van der Waals surface area contributed by atoms with Gasteiger partial charge in [0.15, 0.2) is 0 Å². The molecular weight excluding hydrogens is 266 g/mol. The van der Waals surface area contributed by atoms with Crippen LogP contribution in [0, 0.1) is 13.8 Å². The summed E-state index contributed by atoms with van der Waals surface area (Å²) in [6.45, 7) is 5.15. The number of aryl methyl sites for hydroxylation is 2. The van der Waals surface area contributed by atoms with Crippen LogP contribution < -0.4 is 0 Å². The standard InChI is InChI=1S/C13H17NO4S/c1-8-5-11(19-9(8)2)13(17)14-3-4-18-7-10(14)6-12(15)16/h5,10H,3-4,6-7H2,1-2H3,(H,15,16). The highest BCUT2D eigenvalue weighted by Gasteiger charge is 2.30. The minimum absolute atomic E-state index is 0.0743. The zero-order valence-corrected chi connectivity index (χ0v) is 11.8. The lowest BCUT2D eigenvalue weighted by molar-refractivity contribution is -0.139. The van der Waals surface area contributed by atoms with Crippen LogP contribution in [0.4, 0.5) is 0 Å².